The van der Waals surface area contributed by atoms with Gasteiger partial charge in [-0.25, -0.2) is 0 Å². The molecule has 0 amide bonds. The average Bonchev–Trinajstić information content (AvgIpc) is 3.46. The second kappa shape index (κ2) is 19.0. The molecule has 2 fully saturated rings. The van der Waals surface area contributed by atoms with Crippen LogP contribution in [0.4, 0.5) is 17.3 Å². The summed E-state index contributed by atoms with van der Waals surface area (Å²) in [6.45, 7) is 11.5. The Labute approximate surface area is 245 Å². The number of allylic oxidation sites excluding steroid dienone is 4. The fraction of sp³-hybridized carbons (Fsp3) is 0.600. The van der Waals surface area contributed by atoms with Crippen molar-refractivity contribution >= 4 is 33.7 Å². The molecule has 0 saturated carbocycles. The molecule has 1 radical (unpaired) electrons. The Bertz CT molecular complexity index is 730. The Hall–Kier alpha value is -0.162. The van der Waals surface area contributed by atoms with Crippen LogP contribution in [0.15, 0.2) is 48.6 Å². The molecule has 0 aromatic heterocycles. The largest absolute Gasteiger partial charge is 0.673 e. The minimum absolute atomic E-state index is 0. The number of hydrogen-bond acceptors (Lipinski definition) is 0. The van der Waals surface area contributed by atoms with E-state index in [-0.39, 0.29) is 35.3 Å². The van der Waals surface area contributed by atoms with E-state index < -0.39 is 7.25 Å². The van der Waals surface area contributed by atoms with E-state index in [0.29, 0.717) is 0 Å². The maximum absolute atomic E-state index is 9.75. The molecule has 3 aliphatic rings. The first-order valence-electron chi connectivity index (χ1n) is 14.2. The molecule has 1 aromatic carbocycles. The normalized spacial score (nSPS) is 28.8. The van der Waals surface area contributed by atoms with Gasteiger partial charge in [0, 0.05) is 25.1 Å². The van der Waals surface area contributed by atoms with Crippen molar-refractivity contribution in [2.24, 2.45) is 0 Å². The molecule has 1 aromatic rings. The van der Waals surface area contributed by atoms with E-state index in [9.17, 15) is 17.3 Å². The quantitative estimate of drug-likeness (QED) is 0.0939. The van der Waals surface area contributed by atoms with Crippen LogP contribution in [0.25, 0.3) is 0 Å². The molecular weight excluding hydrogens is 612 g/mol. The van der Waals surface area contributed by atoms with Gasteiger partial charge in [-0.15, -0.1) is 6.42 Å². The van der Waals surface area contributed by atoms with Crippen LogP contribution in [0, 0.1) is 13.3 Å². The summed E-state index contributed by atoms with van der Waals surface area (Å²) in [6, 6.07) is 9.64. The Morgan fingerprint density at radius 3 is 1.53 bits per heavy atom. The molecule has 2 saturated heterocycles. The van der Waals surface area contributed by atoms with Crippen LogP contribution in [0.3, 0.4) is 0 Å². The molecule has 38 heavy (non-hydrogen) atoms. The predicted molar refractivity (Wildman–Crippen MR) is 161 cm³/mol. The van der Waals surface area contributed by atoms with Gasteiger partial charge in [-0.2, -0.15) is 0 Å². The summed E-state index contributed by atoms with van der Waals surface area (Å²) < 4.78 is 39.0. The zero-order valence-electron chi connectivity index (χ0n) is 23.3. The van der Waals surface area contributed by atoms with Crippen molar-refractivity contribution in [3.05, 3.63) is 61.9 Å². The Kier molecular flexibility index (Phi) is 18.0. The third kappa shape index (κ3) is 11.8. The molecule has 0 spiro atoms. The standard InChI is InChI=1S/C22H34P2.C8H12.BF4.Rh/c1-5-17-13-14-18(6-2)23(17)21-11-9-10-12-22(21)24-19(7-3)15-16-20(24)8-4;1-2-4-6-8-7-5-3-1;2-1(3,4)5;/h9-13,17-20H,1,5-8,14-16H2,2-4H3;1-2,7-8H,3-6H2;;/q;;-1;/b;2-1-,8-7-;;/t17-,18-,19-,20-,23?;;;/m0.../s1. The van der Waals surface area contributed by atoms with Gasteiger partial charge < -0.3 is 24.2 Å². The van der Waals surface area contributed by atoms with Crippen molar-refractivity contribution in [2.45, 2.75) is 114 Å². The van der Waals surface area contributed by atoms with Gasteiger partial charge >= 0.3 is 7.25 Å². The first kappa shape index (κ1) is 35.9. The predicted octanol–water partition coefficient (Wildman–Crippen LogP) is 10.2. The van der Waals surface area contributed by atoms with Crippen molar-refractivity contribution in [3.8, 4) is 0 Å². The van der Waals surface area contributed by atoms with Crippen LogP contribution in [0.1, 0.15) is 91.4 Å². The first-order chi connectivity index (χ1) is 17.7. The van der Waals surface area contributed by atoms with E-state index in [1.54, 1.807) is 10.6 Å². The molecule has 1 aliphatic carbocycles. The molecule has 2 aliphatic heterocycles. The fourth-order valence-corrected chi connectivity index (χ4v) is 13.3. The molecule has 0 nitrogen and oxygen atoms in total. The van der Waals surface area contributed by atoms with Crippen molar-refractivity contribution in [1.82, 2.24) is 0 Å². The van der Waals surface area contributed by atoms with Crippen LogP contribution in [-0.2, 0) is 19.5 Å². The van der Waals surface area contributed by atoms with Crippen LogP contribution < -0.4 is 10.6 Å². The molecule has 4 rings (SSSR count). The third-order valence-electron chi connectivity index (χ3n) is 7.53. The molecule has 0 N–H and O–H groups in total. The van der Waals surface area contributed by atoms with Gasteiger partial charge in [-0.1, -0.05) is 77.3 Å². The van der Waals surface area contributed by atoms with Gasteiger partial charge in [0.05, 0.1) is 18.5 Å². The number of rotatable bonds is 6. The van der Waals surface area contributed by atoms with E-state index in [2.05, 4.69) is 82.7 Å². The Morgan fingerprint density at radius 1 is 0.763 bits per heavy atom. The zero-order chi connectivity index (χ0) is 27.3. The molecule has 0 bridgehead atoms. The first-order valence-corrected chi connectivity index (χ1v) is 17.2. The monoisotopic (exact) mass is 658 g/mol. The summed E-state index contributed by atoms with van der Waals surface area (Å²) in [7, 11) is -6.02. The topological polar surface area (TPSA) is 0 Å². The number of benzene rings is 1. The summed E-state index contributed by atoms with van der Waals surface area (Å²) in [5, 5.41) is 3.56. The molecular formula is C30H46BF4P2Rh-. The van der Waals surface area contributed by atoms with E-state index in [1.807, 2.05) is 0 Å². The van der Waals surface area contributed by atoms with Gasteiger partial charge in [0.25, 0.3) is 0 Å². The van der Waals surface area contributed by atoms with Gasteiger partial charge in [0.1, 0.15) is 0 Å². The van der Waals surface area contributed by atoms with E-state index in [0.717, 1.165) is 29.1 Å². The van der Waals surface area contributed by atoms with Crippen molar-refractivity contribution in [1.29, 1.82) is 0 Å². The van der Waals surface area contributed by atoms with E-state index >= 15 is 0 Å². The SMILES string of the molecule is C1=C\CC/C=C\CC/1.F[B-](F)(F)F.[CH2-]C[C@H]1[CH+]C[C@H](CC)P1c1ccccc1P1[C@@H](CC)CC[C@@H]1CC.[Rh]. The van der Waals surface area contributed by atoms with Gasteiger partial charge in [0.15, 0.2) is 0 Å². The van der Waals surface area contributed by atoms with Crippen LogP contribution in [0.2, 0.25) is 0 Å². The molecule has 217 valence electrons. The maximum atomic E-state index is 9.75. The van der Waals surface area contributed by atoms with Gasteiger partial charge in [-0.3, -0.25) is 0 Å². The van der Waals surface area contributed by atoms with Crippen molar-refractivity contribution in [3.63, 3.8) is 0 Å². The zero-order valence-corrected chi connectivity index (χ0v) is 26.7. The molecule has 1 unspecified atom stereocenters. The smallest absolute Gasteiger partial charge is 0.418 e. The Morgan fingerprint density at radius 2 is 1.16 bits per heavy atom. The summed E-state index contributed by atoms with van der Waals surface area (Å²) in [4.78, 5) is 0. The average molecular weight is 658 g/mol. The minimum atomic E-state index is -6.00. The van der Waals surface area contributed by atoms with E-state index in [4.69, 9.17) is 0 Å². The summed E-state index contributed by atoms with van der Waals surface area (Å²) in [6.07, 6.45) is 26.0. The summed E-state index contributed by atoms with van der Waals surface area (Å²) >= 11 is 0. The third-order valence-corrected chi connectivity index (χ3v) is 15.0. The van der Waals surface area contributed by atoms with Crippen molar-refractivity contribution in [2.75, 3.05) is 0 Å². The summed E-state index contributed by atoms with van der Waals surface area (Å²) in [5.41, 5.74) is 3.58. The number of halogens is 4. The minimum Gasteiger partial charge on any atom is -0.418 e. The van der Waals surface area contributed by atoms with E-state index in [1.165, 1.54) is 64.2 Å². The second-order valence-corrected chi connectivity index (χ2v) is 15.4. The van der Waals surface area contributed by atoms with Crippen LogP contribution in [-0.4, -0.2) is 29.9 Å². The fourth-order valence-electron chi connectivity index (χ4n) is 5.72. The second-order valence-electron chi connectivity index (χ2n) is 9.99. The van der Waals surface area contributed by atoms with Gasteiger partial charge in [0.2, 0.25) is 0 Å². The molecule has 5 atom stereocenters. The summed E-state index contributed by atoms with van der Waals surface area (Å²) in [5.74, 6) is 0. The maximum Gasteiger partial charge on any atom is 0.673 e. The van der Waals surface area contributed by atoms with Crippen molar-refractivity contribution < 1.29 is 36.7 Å². The van der Waals surface area contributed by atoms with Gasteiger partial charge in [-0.05, 0) is 87.6 Å². The molecule has 2 heterocycles. The van der Waals surface area contributed by atoms with Crippen LogP contribution >= 0.6 is 15.8 Å². The number of hydrogen-bond donors (Lipinski definition) is 0. The molecule has 8 heteroatoms. The van der Waals surface area contributed by atoms with Crippen LogP contribution in [0.5, 0.6) is 0 Å². The Balaban J connectivity index is 0.000000427.